The van der Waals surface area contributed by atoms with Crippen molar-refractivity contribution in [2.75, 3.05) is 11.9 Å². The van der Waals surface area contributed by atoms with Gasteiger partial charge in [-0.3, -0.25) is 0 Å². The smallest absolute Gasteiger partial charge is 0.384 e. The molecule has 2 rings (SSSR count). The molecule has 2 aromatic rings. The Balaban J connectivity index is 2.03. The number of hydrogen-bond acceptors (Lipinski definition) is 2. The van der Waals surface area contributed by atoms with Crippen LogP contribution in [-0.4, -0.2) is 6.54 Å². The molecule has 0 aliphatic carbocycles. The number of thiophene rings is 1. The van der Waals surface area contributed by atoms with Crippen molar-refractivity contribution in [3.8, 4) is 0 Å². The highest BCUT2D eigenvalue weighted by Crippen LogP contribution is 2.33. The zero-order chi connectivity index (χ0) is 13.9. The zero-order valence-electron chi connectivity index (χ0n) is 9.80. The lowest BCUT2D eigenvalue weighted by Crippen LogP contribution is -2.08. The van der Waals surface area contributed by atoms with Gasteiger partial charge in [-0.25, -0.2) is 0 Å². The third-order valence-corrected chi connectivity index (χ3v) is 4.03. The molecular weight excluding hydrogens is 339 g/mol. The highest BCUT2D eigenvalue weighted by molar-refractivity contribution is 9.10. The quantitative estimate of drug-likeness (QED) is 0.801. The van der Waals surface area contributed by atoms with Gasteiger partial charge >= 0.3 is 6.18 Å². The van der Waals surface area contributed by atoms with Crippen molar-refractivity contribution in [2.45, 2.75) is 12.6 Å². The number of benzene rings is 1. The Morgan fingerprint density at radius 3 is 2.63 bits per heavy atom. The van der Waals surface area contributed by atoms with E-state index in [2.05, 4.69) is 21.2 Å². The molecule has 6 heteroatoms. The van der Waals surface area contributed by atoms with E-state index in [1.807, 2.05) is 16.8 Å². The lowest BCUT2D eigenvalue weighted by atomic mass is 10.2. The molecule has 0 aliphatic heterocycles. The van der Waals surface area contributed by atoms with E-state index in [1.54, 1.807) is 11.3 Å². The fourth-order valence-electron chi connectivity index (χ4n) is 1.61. The van der Waals surface area contributed by atoms with Crippen LogP contribution >= 0.6 is 27.3 Å². The summed E-state index contributed by atoms with van der Waals surface area (Å²) < 4.78 is 38.4. The first-order valence-corrected chi connectivity index (χ1v) is 7.32. The molecule has 0 atom stereocenters. The summed E-state index contributed by atoms with van der Waals surface area (Å²) in [5.41, 5.74) is 0.999. The molecule has 1 aromatic carbocycles. The Labute approximate surface area is 121 Å². The van der Waals surface area contributed by atoms with Crippen LogP contribution in [0.4, 0.5) is 18.9 Å². The Kier molecular flexibility index (Phi) is 4.52. The van der Waals surface area contributed by atoms with Gasteiger partial charge in [0.15, 0.2) is 0 Å². The van der Waals surface area contributed by atoms with Crippen LogP contribution in [0, 0.1) is 0 Å². The summed E-state index contributed by atoms with van der Waals surface area (Å²) in [4.78, 5) is 0. The van der Waals surface area contributed by atoms with Crippen LogP contribution in [0.5, 0.6) is 0 Å². The summed E-state index contributed by atoms with van der Waals surface area (Å²) in [6.45, 7) is 0.594. The van der Waals surface area contributed by atoms with Gasteiger partial charge in [0.2, 0.25) is 0 Å². The maximum absolute atomic E-state index is 12.6. The van der Waals surface area contributed by atoms with Crippen molar-refractivity contribution < 1.29 is 13.2 Å². The molecule has 0 amide bonds. The molecule has 0 radical (unpaired) electrons. The predicted molar refractivity (Wildman–Crippen MR) is 75.7 cm³/mol. The minimum absolute atomic E-state index is 0.463. The highest BCUT2D eigenvalue weighted by Gasteiger charge is 2.30. The van der Waals surface area contributed by atoms with Crippen molar-refractivity contribution in [3.63, 3.8) is 0 Å². The fourth-order valence-corrected chi connectivity index (χ4v) is 2.70. The van der Waals surface area contributed by atoms with Gasteiger partial charge in [-0.05, 0) is 62.9 Å². The van der Waals surface area contributed by atoms with Crippen molar-refractivity contribution >= 4 is 33.0 Å². The highest BCUT2D eigenvalue weighted by atomic mass is 79.9. The zero-order valence-corrected chi connectivity index (χ0v) is 12.2. The van der Waals surface area contributed by atoms with Crippen molar-refractivity contribution in [3.05, 3.63) is 50.6 Å². The monoisotopic (exact) mass is 349 g/mol. The first-order valence-electron chi connectivity index (χ1n) is 5.58. The normalized spacial score (nSPS) is 11.6. The Morgan fingerprint density at radius 2 is 2.00 bits per heavy atom. The van der Waals surface area contributed by atoms with Gasteiger partial charge in [0, 0.05) is 16.7 Å². The Morgan fingerprint density at radius 1 is 1.21 bits per heavy atom. The summed E-state index contributed by atoms with van der Waals surface area (Å²) in [5, 5.41) is 7.03. The average Bonchev–Trinajstić information content (AvgIpc) is 2.83. The third-order valence-electron chi connectivity index (χ3n) is 2.60. The number of nitrogens with one attached hydrogen (secondary N) is 1. The second-order valence-corrected chi connectivity index (χ2v) is 5.64. The number of hydrogen-bond donors (Lipinski definition) is 1. The average molecular weight is 350 g/mol. The van der Waals surface area contributed by atoms with Crippen LogP contribution < -0.4 is 5.32 Å². The van der Waals surface area contributed by atoms with Gasteiger partial charge in [-0.15, -0.1) is 0 Å². The predicted octanol–water partition coefficient (Wildman–Crippen LogP) is 5.18. The van der Waals surface area contributed by atoms with Gasteiger partial charge in [0.25, 0.3) is 0 Å². The molecule has 1 heterocycles. The van der Waals surface area contributed by atoms with Crippen LogP contribution in [0.15, 0.2) is 39.5 Å². The second kappa shape index (κ2) is 5.96. The minimum Gasteiger partial charge on any atom is -0.384 e. The largest absolute Gasteiger partial charge is 0.416 e. The lowest BCUT2D eigenvalue weighted by molar-refractivity contribution is -0.137. The fraction of sp³-hybridized carbons (Fsp3) is 0.231. The SMILES string of the molecule is FC(F)(F)c1ccc(Br)c(NCCc2ccsc2)c1. The topological polar surface area (TPSA) is 12.0 Å². The summed E-state index contributed by atoms with van der Waals surface area (Å²) >= 11 is 4.86. The molecule has 19 heavy (non-hydrogen) atoms. The standard InChI is InChI=1S/C13H11BrF3NS/c14-11-2-1-10(13(15,16)17)7-12(11)18-5-3-9-4-6-19-8-9/h1-2,4,6-8,18H,3,5H2. The van der Waals surface area contributed by atoms with Crippen molar-refractivity contribution in [1.82, 2.24) is 0 Å². The molecule has 1 N–H and O–H groups in total. The minimum atomic E-state index is -4.31. The van der Waals surface area contributed by atoms with Gasteiger partial charge in [0.1, 0.15) is 0 Å². The van der Waals surface area contributed by atoms with Gasteiger partial charge < -0.3 is 5.32 Å². The van der Waals surface area contributed by atoms with Crippen LogP contribution in [0.25, 0.3) is 0 Å². The maximum Gasteiger partial charge on any atom is 0.416 e. The third kappa shape index (κ3) is 3.98. The molecule has 0 spiro atoms. The Hall–Kier alpha value is -1.01. The summed E-state index contributed by atoms with van der Waals surface area (Å²) in [6.07, 6.45) is -3.53. The summed E-state index contributed by atoms with van der Waals surface area (Å²) in [7, 11) is 0. The molecule has 102 valence electrons. The van der Waals surface area contributed by atoms with E-state index in [9.17, 15) is 13.2 Å². The second-order valence-electron chi connectivity index (χ2n) is 4.00. The van der Waals surface area contributed by atoms with E-state index >= 15 is 0 Å². The molecule has 0 aliphatic rings. The van der Waals surface area contributed by atoms with E-state index in [0.717, 1.165) is 18.6 Å². The Bertz CT molecular complexity index is 537. The first-order chi connectivity index (χ1) is 8.97. The van der Waals surface area contributed by atoms with Crippen LogP contribution in [0.2, 0.25) is 0 Å². The molecule has 1 nitrogen and oxygen atoms in total. The summed E-state index contributed by atoms with van der Waals surface area (Å²) in [5.74, 6) is 0. The number of alkyl halides is 3. The van der Waals surface area contributed by atoms with Crippen molar-refractivity contribution in [1.29, 1.82) is 0 Å². The van der Waals surface area contributed by atoms with E-state index in [1.165, 1.54) is 11.6 Å². The number of anilines is 1. The number of halogens is 4. The van der Waals surface area contributed by atoms with E-state index < -0.39 is 11.7 Å². The molecule has 0 unspecified atom stereocenters. The van der Waals surface area contributed by atoms with E-state index in [-0.39, 0.29) is 0 Å². The molecule has 0 fully saturated rings. The van der Waals surface area contributed by atoms with E-state index in [4.69, 9.17) is 0 Å². The molecule has 0 saturated heterocycles. The van der Waals surface area contributed by atoms with Crippen LogP contribution in [0.3, 0.4) is 0 Å². The lowest BCUT2D eigenvalue weighted by Gasteiger charge is -2.12. The molecular formula is C13H11BrF3NS. The molecule has 1 aromatic heterocycles. The van der Waals surface area contributed by atoms with E-state index in [0.29, 0.717) is 16.7 Å². The van der Waals surface area contributed by atoms with Crippen LogP contribution in [0.1, 0.15) is 11.1 Å². The van der Waals surface area contributed by atoms with Gasteiger partial charge in [-0.2, -0.15) is 24.5 Å². The van der Waals surface area contributed by atoms with Crippen molar-refractivity contribution in [2.24, 2.45) is 0 Å². The number of rotatable bonds is 4. The maximum atomic E-state index is 12.6. The first kappa shape index (κ1) is 14.4. The van der Waals surface area contributed by atoms with Gasteiger partial charge in [-0.1, -0.05) is 0 Å². The summed E-state index contributed by atoms with van der Waals surface area (Å²) in [6, 6.07) is 5.61. The molecule has 0 bridgehead atoms. The molecule has 0 saturated carbocycles. The van der Waals surface area contributed by atoms with Gasteiger partial charge in [0.05, 0.1) is 5.56 Å². The van der Waals surface area contributed by atoms with Crippen LogP contribution in [-0.2, 0) is 12.6 Å².